The van der Waals surface area contributed by atoms with Crippen molar-refractivity contribution < 1.29 is 9.59 Å². The van der Waals surface area contributed by atoms with Gasteiger partial charge in [0.05, 0.1) is 12.6 Å². The maximum atomic E-state index is 11.5. The summed E-state index contributed by atoms with van der Waals surface area (Å²) in [5.74, 6) is -0.652. The van der Waals surface area contributed by atoms with Gasteiger partial charge in [-0.2, -0.15) is 5.26 Å². The minimum atomic E-state index is -1.05. The second-order valence-corrected chi connectivity index (χ2v) is 3.43. The van der Waals surface area contributed by atoms with Crippen LogP contribution in [0.4, 0.5) is 0 Å². The lowest BCUT2D eigenvalue weighted by atomic mass is 9.88. The molecule has 0 aromatic rings. The molecule has 0 rings (SSSR count). The summed E-state index contributed by atoms with van der Waals surface area (Å²) in [6.07, 6.45) is 0.421. The van der Waals surface area contributed by atoms with Crippen molar-refractivity contribution in [2.75, 3.05) is 13.1 Å². The Hall–Kier alpha value is -1.57. The summed E-state index contributed by atoms with van der Waals surface area (Å²) in [5, 5.41) is 13.8. The van der Waals surface area contributed by atoms with Crippen LogP contribution in [-0.4, -0.2) is 24.9 Å². The average molecular weight is 211 g/mol. The number of carbonyl (C=O) groups excluding carboxylic acids is 2. The highest BCUT2D eigenvalue weighted by atomic mass is 16.2. The fraction of sp³-hybridized carbons (Fsp3) is 0.700. The molecule has 0 aliphatic rings. The van der Waals surface area contributed by atoms with E-state index in [4.69, 9.17) is 5.26 Å². The zero-order chi connectivity index (χ0) is 11.9. The number of amides is 2. The first-order valence-electron chi connectivity index (χ1n) is 4.96. The Kier molecular flexibility index (Phi) is 5.39. The lowest BCUT2D eigenvalue weighted by Gasteiger charge is -2.18. The van der Waals surface area contributed by atoms with Gasteiger partial charge in [-0.1, -0.05) is 6.92 Å². The third-order valence-electron chi connectivity index (χ3n) is 2.24. The second-order valence-electron chi connectivity index (χ2n) is 3.43. The Morgan fingerprint density at radius 2 is 1.93 bits per heavy atom. The van der Waals surface area contributed by atoms with Crippen LogP contribution in [0.25, 0.3) is 0 Å². The molecule has 0 spiro atoms. The molecule has 1 unspecified atom stereocenters. The molecule has 0 aliphatic carbocycles. The van der Waals surface area contributed by atoms with Gasteiger partial charge in [-0.05, 0) is 20.3 Å². The summed E-state index contributed by atoms with van der Waals surface area (Å²) < 4.78 is 0. The molecule has 5 heteroatoms. The highest BCUT2D eigenvalue weighted by Gasteiger charge is 2.31. The van der Waals surface area contributed by atoms with Crippen LogP contribution in [0.1, 0.15) is 27.2 Å². The van der Waals surface area contributed by atoms with Crippen molar-refractivity contribution in [3.63, 3.8) is 0 Å². The quantitative estimate of drug-likeness (QED) is 0.680. The molecule has 2 N–H and O–H groups in total. The van der Waals surface area contributed by atoms with E-state index in [0.29, 0.717) is 13.0 Å². The van der Waals surface area contributed by atoms with Crippen LogP contribution in [0, 0.1) is 16.7 Å². The number of nitrogens with one attached hydrogen (secondary N) is 2. The molecular formula is C10H17N3O2. The summed E-state index contributed by atoms with van der Waals surface area (Å²) in [4.78, 5) is 22.6. The van der Waals surface area contributed by atoms with E-state index in [1.165, 1.54) is 0 Å². The van der Waals surface area contributed by atoms with Crippen LogP contribution in [0.3, 0.4) is 0 Å². The molecule has 0 saturated heterocycles. The predicted octanol–water partition coefficient (Wildman–Crippen LogP) is 0.179. The standard InChI is InChI=1S/C10H17N3O2/c1-4-10(3,7-11)9(15)13-6-8(14)12-5-2/h4-6H2,1-3H3,(H,12,14)(H,13,15). The van der Waals surface area contributed by atoms with Crippen molar-refractivity contribution in [3.05, 3.63) is 0 Å². The average Bonchev–Trinajstić information content (AvgIpc) is 2.25. The zero-order valence-corrected chi connectivity index (χ0v) is 9.39. The number of hydrogen-bond donors (Lipinski definition) is 2. The molecule has 0 saturated carbocycles. The maximum absolute atomic E-state index is 11.5. The zero-order valence-electron chi connectivity index (χ0n) is 9.39. The summed E-state index contributed by atoms with van der Waals surface area (Å²) in [6, 6.07) is 1.94. The molecular weight excluding hydrogens is 194 g/mol. The van der Waals surface area contributed by atoms with Crippen LogP contribution < -0.4 is 10.6 Å². The minimum absolute atomic E-state index is 0.0794. The van der Waals surface area contributed by atoms with Crippen LogP contribution in [-0.2, 0) is 9.59 Å². The van der Waals surface area contributed by atoms with Gasteiger partial charge in [-0.25, -0.2) is 0 Å². The molecule has 5 nitrogen and oxygen atoms in total. The molecule has 0 radical (unpaired) electrons. The minimum Gasteiger partial charge on any atom is -0.355 e. The van der Waals surface area contributed by atoms with Gasteiger partial charge in [0.2, 0.25) is 11.8 Å². The normalized spacial score (nSPS) is 13.5. The van der Waals surface area contributed by atoms with E-state index in [2.05, 4.69) is 10.6 Å². The maximum Gasteiger partial charge on any atom is 0.240 e. The third kappa shape index (κ3) is 3.98. The Balaban J connectivity index is 4.15. The predicted molar refractivity (Wildman–Crippen MR) is 55.7 cm³/mol. The summed E-state index contributed by atoms with van der Waals surface area (Å²) >= 11 is 0. The number of carbonyl (C=O) groups is 2. The number of likely N-dealkylation sites (N-methyl/N-ethyl adjacent to an activating group) is 1. The first-order valence-corrected chi connectivity index (χ1v) is 4.96. The highest BCUT2D eigenvalue weighted by molar-refractivity contribution is 5.89. The fourth-order valence-electron chi connectivity index (χ4n) is 0.906. The van der Waals surface area contributed by atoms with Crippen molar-refractivity contribution in [1.82, 2.24) is 10.6 Å². The Bertz CT molecular complexity index is 283. The van der Waals surface area contributed by atoms with E-state index in [-0.39, 0.29) is 12.5 Å². The number of rotatable bonds is 5. The fourth-order valence-corrected chi connectivity index (χ4v) is 0.906. The monoisotopic (exact) mass is 211 g/mol. The molecule has 0 bridgehead atoms. The van der Waals surface area contributed by atoms with E-state index in [0.717, 1.165) is 0 Å². The summed E-state index contributed by atoms with van der Waals surface area (Å²) in [7, 11) is 0. The lowest BCUT2D eigenvalue weighted by molar-refractivity contribution is -0.130. The number of nitriles is 1. The topological polar surface area (TPSA) is 82.0 Å². The van der Waals surface area contributed by atoms with Gasteiger partial charge in [0.25, 0.3) is 0 Å². The van der Waals surface area contributed by atoms with E-state index < -0.39 is 11.3 Å². The van der Waals surface area contributed by atoms with Gasteiger partial charge in [-0.3, -0.25) is 9.59 Å². The van der Waals surface area contributed by atoms with E-state index in [1.807, 2.05) is 6.07 Å². The van der Waals surface area contributed by atoms with Crippen molar-refractivity contribution >= 4 is 11.8 Å². The summed E-state index contributed by atoms with van der Waals surface area (Å²) in [6.45, 7) is 5.56. The van der Waals surface area contributed by atoms with Gasteiger partial charge in [-0.15, -0.1) is 0 Å². The van der Waals surface area contributed by atoms with Gasteiger partial charge >= 0.3 is 0 Å². The van der Waals surface area contributed by atoms with Crippen molar-refractivity contribution in [2.45, 2.75) is 27.2 Å². The van der Waals surface area contributed by atoms with Crippen LogP contribution >= 0.6 is 0 Å². The highest BCUT2D eigenvalue weighted by Crippen LogP contribution is 2.19. The Labute approximate surface area is 89.8 Å². The lowest BCUT2D eigenvalue weighted by Crippen LogP contribution is -2.43. The van der Waals surface area contributed by atoms with Crippen LogP contribution in [0.2, 0.25) is 0 Å². The van der Waals surface area contributed by atoms with E-state index >= 15 is 0 Å². The largest absolute Gasteiger partial charge is 0.355 e. The van der Waals surface area contributed by atoms with E-state index in [1.54, 1.807) is 20.8 Å². The summed E-state index contributed by atoms with van der Waals surface area (Å²) in [5.41, 5.74) is -1.05. The Morgan fingerprint density at radius 3 is 2.33 bits per heavy atom. The van der Waals surface area contributed by atoms with Crippen molar-refractivity contribution in [3.8, 4) is 6.07 Å². The SMILES string of the molecule is CCNC(=O)CNC(=O)C(C)(C#N)CC. The first kappa shape index (κ1) is 13.4. The molecule has 15 heavy (non-hydrogen) atoms. The van der Waals surface area contributed by atoms with Crippen molar-refractivity contribution in [2.24, 2.45) is 5.41 Å². The molecule has 0 fully saturated rings. The third-order valence-corrected chi connectivity index (χ3v) is 2.24. The second kappa shape index (κ2) is 6.02. The molecule has 0 aromatic heterocycles. The first-order chi connectivity index (χ1) is 7.00. The van der Waals surface area contributed by atoms with Crippen LogP contribution in [0.15, 0.2) is 0 Å². The van der Waals surface area contributed by atoms with Gasteiger partial charge < -0.3 is 10.6 Å². The van der Waals surface area contributed by atoms with Gasteiger partial charge in [0, 0.05) is 6.54 Å². The molecule has 0 aromatic carbocycles. The molecule has 1 atom stereocenters. The molecule has 2 amide bonds. The smallest absolute Gasteiger partial charge is 0.240 e. The molecule has 0 heterocycles. The van der Waals surface area contributed by atoms with Crippen molar-refractivity contribution in [1.29, 1.82) is 5.26 Å². The van der Waals surface area contributed by atoms with Gasteiger partial charge in [0.15, 0.2) is 0 Å². The molecule has 84 valence electrons. The number of hydrogen-bond acceptors (Lipinski definition) is 3. The Morgan fingerprint density at radius 1 is 1.33 bits per heavy atom. The molecule has 0 aliphatic heterocycles. The number of nitrogens with zero attached hydrogens (tertiary/aromatic N) is 1. The van der Waals surface area contributed by atoms with Crippen LogP contribution in [0.5, 0.6) is 0 Å². The van der Waals surface area contributed by atoms with E-state index in [9.17, 15) is 9.59 Å². The van der Waals surface area contributed by atoms with Gasteiger partial charge in [0.1, 0.15) is 5.41 Å².